The average molecular weight is 403 g/mol. The highest BCUT2D eigenvalue weighted by Crippen LogP contribution is 2.69. The van der Waals surface area contributed by atoms with Crippen molar-refractivity contribution < 1.29 is 19.2 Å². The molecule has 0 heterocycles. The highest BCUT2D eigenvalue weighted by molar-refractivity contribution is 5.93. The van der Waals surface area contributed by atoms with E-state index < -0.39 is 15.8 Å². The van der Waals surface area contributed by atoms with Gasteiger partial charge >= 0.3 is 5.97 Å². The first-order valence-corrected chi connectivity index (χ1v) is 9.53. The van der Waals surface area contributed by atoms with E-state index >= 15 is 0 Å². The first-order valence-electron chi connectivity index (χ1n) is 9.53. The molecule has 0 saturated heterocycles. The minimum atomic E-state index is -0.923. The Balaban J connectivity index is 1.94. The SMILES string of the molecule is COC(=O)[C@]1(c2ccccc2)C[C@]1(c1ccc(OC)cc1)c1ccc([N+](=O)[O-])cc1. The largest absolute Gasteiger partial charge is 0.497 e. The number of methoxy groups -OCH3 is 2. The molecule has 6 heteroatoms. The van der Waals surface area contributed by atoms with Gasteiger partial charge in [0, 0.05) is 17.5 Å². The van der Waals surface area contributed by atoms with Crippen molar-refractivity contribution in [1.82, 2.24) is 0 Å². The van der Waals surface area contributed by atoms with Gasteiger partial charge in [0.05, 0.1) is 19.1 Å². The van der Waals surface area contributed by atoms with E-state index in [0.717, 1.165) is 16.7 Å². The maximum atomic E-state index is 13.2. The van der Waals surface area contributed by atoms with E-state index in [4.69, 9.17) is 9.47 Å². The molecule has 152 valence electrons. The molecular formula is C24H21NO5. The summed E-state index contributed by atoms with van der Waals surface area (Å²) in [6.45, 7) is 0. The number of rotatable bonds is 6. The molecule has 0 aliphatic heterocycles. The molecule has 1 fully saturated rings. The maximum absolute atomic E-state index is 13.2. The van der Waals surface area contributed by atoms with Crippen molar-refractivity contribution in [3.05, 3.63) is 106 Å². The lowest BCUT2D eigenvalue weighted by atomic mass is 9.77. The van der Waals surface area contributed by atoms with Crippen molar-refractivity contribution in [2.45, 2.75) is 17.3 Å². The van der Waals surface area contributed by atoms with Crippen LogP contribution < -0.4 is 4.74 Å². The summed E-state index contributed by atoms with van der Waals surface area (Å²) in [6.07, 6.45) is 0.501. The molecule has 0 radical (unpaired) electrons. The van der Waals surface area contributed by atoms with Crippen LogP contribution in [-0.4, -0.2) is 25.1 Å². The van der Waals surface area contributed by atoms with Crippen molar-refractivity contribution >= 4 is 11.7 Å². The van der Waals surface area contributed by atoms with Gasteiger partial charge in [-0.1, -0.05) is 54.6 Å². The summed E-state index contributed by atoms with van der Waals surface area (Å²) in [6, 6.07) is 23.5. The Hall–Kier alpha value is -3.67. The zero-order chi connectivity index (χ0) is 21.4. The predicted molar refractivity (Wildman–Crippen MR) is 112 cm³/mol. The van der Waals surface area contributed by atoms with Gasteiger partial charge in [-0.05, 0) is 35.2 Å². The summed E-state index contributed by atoms with van der Waals surface area (Å²) in [5, 5.41) is 11.1. The smallest absolute Gasteiger partial charge is 0.317 e. The molecule has 3 aromatic rings. The van der Waals surface area contributed by atoms with Crippen molar-refractivity contribution in [3.8, 4) is 5.75 Å². The number of esters is 1. The molecule has 6 nitrogen and oxygen atoms in total. The number of nitro benzene ring substituents is 1. The van der Waals surface area contributed by atoms with Crippen LogP contribution in [0.2, 0.25) is 0 Å². The molecule has 1 saturated carbocycles. The summed E-state index contributed by atoms with van der Waals surface area (Å²) in [5.74, 6) is 0.379. The predicted octanol–water partition coefficient (Wildman–Crippen LogP) is 4.40. The van der Waals surface area contributed by atoms with Gasteiger partial charge in [-0.3, -0.25) is 14.9 Å². The van der Waals surface area contributed by atoms with Gasteiger partial charge in [-0.15, -0.1) is 0 Å². The zero-order valence-electron chi connectivity index (χ0n) is 16.7. The van der Waals surface area contributed by atoms with Crippen LogP contribution in [0, 0.1) is 10.1 Å². The number of carbonyl (C=O) groups excluding carboxylic acids is 1. The molecule has 0 spiro atoms. The molecule has 0 unspecified atom stereocenters. The zero-order valence-corrected chi connectivity index (χ0v) is 16.7. The van der Waals surface area contributed by atoms with E-state index in [2.05, 4.69) is 0 Å². The summed E-state index contributed by atoms with van der Waals surface area (Å²) < 4.78 is 10.6. The number of carbonyl (C=O) groups is 1. The van der Waals surface area contributed by atoms with E-state index in [0.29, 0.717) is 12.2 Å². The Morgan fingerprint density at radius 2 is 1.43 bits per heavy atom. The van der Waals surface area contributed by atoms with Crippen molar-refractivity contribution in [1.29, 1.82) is 0 Å². The number of non-ortho nitro benzene ring substituents is 1. The van der Waals surface area contributed by atoms with Gasteiger partial charge in [0.1, 0.15) is 11.2 Å². The first kappa shape index (κ1) is 19.6. The Kier molecular flexibility index (Phi) is 4.78. The van der Waals surface area contributed by atoms with E-state index in [-0.39, 0.29) is 11.7 Å². The Morgan fingerprint density at radius 1 is 0.867 bits per heavy atom. The molecule has 4 rings (SSSR count). The van der Waals surface area contributed by atoms with Gasteiger partial charge in [-0.25, -0.2) is 0 Å². The third kappa shape index (κ3) is 2.76. The topological polar surface area (TPSA) is 78.7 Å². The number of hydrogen-bond acceptors (Lipinski definition) is 5. The molecule has 0 bridgehead atoms. The molecular weight excluding hydrogens is 382 g/mol. The summed E-state index contributed by atoms with van der Waals surface area (Å²) >= 11 is 0. The van der Waals surface area contributed by atoms with Crippen LogP contribution in [0.25, 0.3) is 0 Å². The van der Waals surface area contributed by atoms with E-state index in [9.17, 15) is 14.9 Å². The third-order valence-electron chi connectivity index (χ3n) is 6.09. The minimum absolute atomic E-state index is 0.00709. The van der Waals surface area contributed by atoms with Crippen molar-refractivity contribution in [2.24, 2.45) is 0 Å². The van der Waals surface area contributed by atoms with Gasteiger partial charge in [0.25, 0.3) is 5.69 Å². The Bertz CT molecular complexity index is 1080. The molecule has 0 N–H and O–H groups in total. The molecule has 1 aliphatic carbocycles. The summed E-state index contributed by atoms with van der Waals surface area (Å²) in [5.41, 5.74) is 0.981. The van der Waals surface area contributed by atoms with Gasteiger partial charge in [0.15, 0.2) is 0 Å². The van der Waals surface area contributed by atoms with Crippen LogP contribution in [0.3, 0.4) is 0 Å². The lowest BCUT2D eigenvalue weighted by molar-refractivity contribution is -0.384. The van der Waals surface area contributed by atoms with Crippen LogP contribution in [0.4, 0.5) is 5.69 Å². The fraction of sp³-hybridized carbons (Fsp3) is 0.208. The fourth-order valence-electron chi connectivity index (χ4n) is 4.57. The Morgan fingerprint density at radius 3 is 1.93 bits per heavy atom. The lowest BCUT2D eigenvalue weighted by Gasteiger charge is -2.26. The standard InChI is InChI=1S/C24H21NO5/c1-29-21-14-10-19(11-15-21)23(18-8-12-20(13-9-18)25(27)28)16-24(23,22(26)30-2)17-6-4-3-5-7-17/h3-15H,16H2,1-2H3/t23-,24-/m1/s1. The second kappa shape index (κ2) is 7.30. The second-order valence-electron chi connectivity index (χ2n) is 7.38. The number of hydrogen-bond donors (Lipinski definition) is 0. The monoisotopic (exact) mass is 403 g/mol. The van der Waals surface area contributed by atoms with E-state index in [1.54, 1.807) is 19.2 Å². The highest BCUT2D eigenvalue weighted by Gasteiger charge is 2.75. The van der Waals surface area contributed by atoms with Crippen LogP contribution >= 0.6 is 0 Å². The average Bonchev–Trinajstić information content (AvgIpc) is 3.52. The maximum Gasteiger partial charge on any atom is 0.317 e. The molecule has 3 aromatic carbocycles. The normalized spacial score (nSPS) is 22.2. The number of nitrogens with zero attached hydrogens (tertiary/aromatic N) is 1. The van der Waals surface area contributed by atoms with E-state index in [1.165, 1.54) is 19.2 Å². The van der Waals surface area contributed by atoms with Gasteiger partial charge in [-0.2, -0.15) is 0 Å². The van der Waals surface area contributed by atoms with Crippen LogP contribution in [0.15, 0.2) is 78.9 Å². The van der Waals surface area contributed by atoms with Crippen LogP contribution in [-0.2, 0) is 20.4 Å². The number of ether oxygens (including phenoxy) is 2. The number of benzene rings is 3. The number of nitro groups is 1. The molecule has 0 amide bonds. The molecule has 0 aromatic heterocycles. The quantitative estimate of drug-likeness (QED) is 0.346. The highest BCUT2D eigenvalue weighted by atomic mass is 16.6. The summed E-state index contributed by atoms with van der Waals surface area (Å²) in [7, 11) is 2.99. The van der Waals surface area contributed by atoms with E-state index in [1.807, 2.05) is 54.6 Å². The van der Waals surface area contributed by atoms with Gasteiger partial charge in [0.2, 0.25) is 0 Å². The van der Waals surface area contributed by atoms with Crippen molar-refractivity contribution in [3.63, 3.8) is 0 Å². The van der Waals surface area contributed by atoms with Crippen LogP contribution in [0.1, 0.15) is 23.1 Å². The Labute approximate surface area is 174 Å². The van der Waals surface area contributed by atoms with Gasteiger partial charge < -0.3 is 9.47 Å². The molecule has 1 aliphatic rings. The fourth-order valence-corrected chi connectivity index (χ4v) is 4.57. The molecule has 2 atom stereocenters. The first-order chi connectivity index (χ1) is 14.5. The molecule has 30 heavy (non-hydrogen) atoms. The lowest BCUT2D eigenvalue weighted by Crippen LogP contribution is -2.32. The van der Waals surface area contributed by atoms with Crippen LogP contribution in [0.5, 0.6) is 5.75 Å². The summed E-state index contributed by atoms with van der Waals surface area (Å²) in [4.78, 5) is 23.9. The second-order valence-corrected chi connectivity index (χ2v) is 7.38. The minimum Gasteiger partial charge on any atom is -0.497 e. The third-order valence-corrected chi connectivity index (χ3v) is 6.09. The van der Waals surface area contributed by atoms with Crippen molar-refractivity contribution in [2.75, 3.05) is 14.2 Å².